The predicted octanol–water partition coefficient (Wildman–Crippen LogP) is 0.0691. The molecule has 0 spiro atoms. The van der Waals surface area contributed by atoms with Crippen molar-refractivity contribution in [2.24, 2.45) is 0 Å². The van der Waals surface area contributed by atoms with Crippen LogP contribution in [0.5, 0.6) is 0 Å². The fourth-order valence-corrected chi connectivity index (χ4v) is 2.48. The van der Waals surface area contributed by atoms with E-state index in [-0.39, 0.29) is 30.3 Å². The number of nitrogens with one attached hydrogen (secondary N) is 2. The molecule has 0 aromatic carbocycles. The average molecular weight is 344 g/mol. The summed E-state index contributed by atoms with van der Waals surface area (Å²) < 4.78 is 4.98. The molecule has 2 N–H and O–H groups in total. The summed E-state index contributed by atoms with van der Waals surface area (Å²) >= 11 is 4.34. The maximum atomic E-state index is 12.2. The SMILES string of the molecule is C=CCOC(=O)N1C[C@@H](S)C[C@H]1C(=O)NCCNC(=O)N(C)C. The molecule has 9 heteroatoms. The van der Waals surface area contributed by atoms with Crippen LogP contribution in [-0.4, -0.2) is 79.5 Å². The Balaban J connectivity index is 2.44. The summed E-state index contributed by atoms with van der Waals surface area (Å²) in [5.74, 6) is -0.281. The van der Waals surface area contributed by atoms with Crippen molar-refractivity contribution in [1.82, 2.24) is 20.4 Å². The normalized spacial score (nSPS) is 19.9. The quantitative estimate of drug-likeness (QED) is 0.361. The van der Waals surface area contributed by atoms with Gasteiger partial charge in [0.2, 0.25) is 5.91 Å². The summed E-state index contributed by atoms with van der Waals surface area (Å²) in [4.78, 5) is 38.3. The van der Waals surface area contributed by atoms with E-state index in [4.69, 9.17) is 4.74 Å². The number of likely N-dealkylation sites (tertiary alicyclic amines) is 1. The highest BCUT2D eigenvalue weighted by molar-refractivity contribution is 7.81. The highest BCUT2D eigenvalue weighted by atomic mass is 32.1. The molecule has 0 bridgehead atoms. The number of hydrogen-bond donors (Lipinski definition) is 3. The summed E-state index contributed by atoms with van der Waals surface area (Å²) in [5, 5.41) is 5.27. The number of amides is 4. The number of urea groups is 1. The van der Waals surface area contributed by atoms with E-state index in [2.05, 4.69) is 29.8 Å². The summed E-state index contributed by atoms with van der Waals surface area (Å²) in [6, 6.07) is -0.843. The Morgan fingerprint density at radius 2 is 2.00 bits per heavy atom. The lowest BCUT2D eigenvalue weighted by Gasteiger charge is -2.23. The van der Waals surface area contributed by atoms with E-state index >= 15 is 0 Å². The van der Waals surface area contributed by atoms with Gasteiger partial charge in [0.05, 0.1) is 0 Å². The first kappa shape index (κ1) is 19.1. The first-order chi connectivity index (χ1) is 10.9. The fourth-order valence-electron chi connectivity index (χ4n) is 2.11. The molecule has 0 aromatic heterocycles. The van der Waals surface area contributed by atoms with Gasteiger partial charge in [-0.15, -0.1) is 0 Å². The number of ether oxygens (including phenoxy) is 1. The molecule has 8 nitrogen and oxygen atoms in total. The second-order valence-corrected chi connectivity index (χ2v) is 6.07. The second-order valence-electron chi connectivity index (χ2n) is 5.34. The number of carbonyl (C=O) groups is 3. The van der Waals surface area contributed by atoms with Crippen LogP contribution in [-0.2, 0) is 9.53 Å². The van der Waals surface area contributed by atoms with Crippen molar-refractivity contribution in [3.8, 4) is 0 Å². The monoisotopic (exact) mass is 344 g/mol. The molecular formula is C14H24N4O4S. The van der Waals surface area contributed by atoms with Crippen molar-refractivity contribution in [3.05, 3.63) is 12.7 Å². The minimum atomic E-state index is -0.612. The molecule has 1 heterocycles. The zero-order valence-corrected chi connectivity index (χ0v) is 14.3. The van der Waals surface area contributed by atoms with Gasteiger partial charge in [0.15, 0.2) is 0 Å². The third-order valence-electron chi connectivity index (χ3n) is 3.25. The van der Waals surface area contributed by atoms with Crippen LogP contribution in [0.4, 0.5) is 9.59 Å². The first-order valence-electron chi connectivity index (χ1n) is 7.32. The maximum absolute atomic E-state index is 12.2. The van der Waals surface area contributed by atoms with Crippen LogP contribution in [0.25, 0.3) is 0 Å². The van der Waals surface area contributed by atoms with Crippen molar-refractivity contribution in [3.63, 3.8) is 0 Å². The molecular weight excluding hydrogens is 320 g/mol. The van der Waals surface area contributed by atoms with E-state index in [1.165, 1.54) is 15.9 Å². The van der Waals surface area contributed by atoms with Gasteiger partial charge in [-0.2, -0.15) is 12.6 Å². The van der Waals surface area contributed by atoms with Crippen molar-refractivity contribution >= 4 is 30.7 Å². The van der Waals surface area contributed by atoms with Gasteiger partial charge < -0.3 is 20.3 Å². The topological polar surface area (TPSA) is 91.0 Å². The molecule has 0 radical (unpaired) electrons. The van der Waals surface area contributed by atoms with Crippen LogP contribution in [0.2, 0.25) is 0 Å². The van der Waals surface area contributed by atoms with E-state index in [9.17, 15) is 14.4 Å². The Bertz CT molecular complexity index is 458. The van der Waals surface area contributed by atoms with Crippen LogP contribution < -0.4 is 10.6 Å². The molecule has 130 valence electrons. The molecule has 0 saturated carbocycles. The Morgan fingerprint density at radius 3 is 2.61 bits per heavy atom. The molecule has 1 saturated heterocycles. The Morgan fingerprint density at radius 1 is 1.35 bits per heavy atom. The van der Waals surface area contributed by atoms with Crippen molar-refractivity contribution in [2.75, 3.05) is 40.3 Å². The summed E-state index contributed by atoms with van der Waals surface area (Å²) in [6.07, 6.45) is 1.37. The number of nitrogens with zero attached hydrogens (tertiary/aromatic N) is 2. The molecule has 4 amide bonds. The van der Waals surface area contributed by atoms with Gasteiger partial charge in [-0.1, -0.05) is 12.7 Å². The lowest BCUT2D eigenvalue weighted by Crippen LogP contribution is -2.48. The minimum absolute atomic E-state index is 0.0736. The Hall–Kier alpha value is -1.90. The highest BCUT2D eigenvalue weighted by Crippen LogP contribution is 2.22. The van der Waals surface area contributed by atoms with E-state index in [1.807, 2.05) is 0 Å². The van der Waals surface area contributed by atoms with Gasteiger partial charge in [0, 0.05) is 39.0 Å². The summed E-state index contributed by atoms with van der Waals surface area (Å²) in [7, 11) is 3.26. The molecule has 1 rings (SSSR count). The third kappa shape index (κ3) is 6.01. The van der Waals surface area contributed by atoms with Gasteiger partial charge in [0.1, 0.15) is 12.6 Å². The van der Waals surface area contributed by atoms with Gasteiger partial charge in [-0.3, -0.25) is 9.69 Å². The van der Waals surface area contributed by atoms with Gasteiger partial charge >= 0.3 is 12.1 Å². The lowest BCUT2D eigenvalue weighted by atomic mass is 10.2. The number of carbonyl (C=O) groups excluding carboxylic acids is 3. The van der Waals surface area contributed by atoms with Crippen molar-refractivity contribution in [2.45, 2.75) is 17.7 Å². The molecule has 0 aliphatic carbocycles. The third-order valence-corrected chi connectivity index (χ3v) is 3.62. The van der Waals surface area contributed by atoms with E-state index in [1.54, 1.807) is 14.1 Å². The van der Waals surface area contributed by atoms with Crippen molar-refractivity contribution < 1.29 is 19.1 Å². The maximum Gasteiger partial charge on any atom is 0.410 e. The molecule has 0 aromatic rings. The van der Waals surface area contributed by atoms with Gasteiger partial charge in [-0.05, 0) is 6.42 Å². The van der Waals surface area contributed by atoms with Crippen molar-refractivity contribution in [1.29, 1.82) is 0 Å². The van der Waals surface area contributed by atoms with E-state index in [0.29, 0.717) is 19.5 Å². The van der Waals surface area contributed by atoms with Crippen LogP contribution >= 0.6 is 12.6 Å². The zero-order valence-electron chi connectivity index (χ0n) is 13.4. The summed E-state index contributed by atoms with van der Waals surface area (Å²) in [6.45, 7) is 4.51. The first-order valence-corrected chi connectivity index (χ1v) is 7.83. The number of thiol groups is 1. The minimum Gasteiger partial charge on any atom is -0.445 e. The molecule has 23 heavy (non-hydrogen) atoms. The molecule has 1 fully saturated rings. The molecule has 2 atom stereocenters. The lowest BCUT2D eigenvalue weighted by molar-refractivity contribution is -0.125. The molecule has 1 aliphatic heterocycles. The van der Waals surface area contributed by atoms with Crippen LogP contribution in [0, 0.1) is 0 Å². The molecule has 1 aliphatic rings. The average Bonchev–Trinajstić information content (AvgIpc) is 2.90. The van der Waals surface area contributed by atoms with Crippen LogP contribution in [0.1, 0.15) is 6.42 Å². The standard InChI is InChI=1S/C14H24N4O4S/c1-4-7-22-14(21)18-9-10(23)8-11(18)12(19)15-5-6-16-13(20)17(2)3/h4,10-11,23H,1,5-9H2,2-3H3,(H,15,19)(H,16,20)/t10-,11-/m0/s1. The van der Waals surface area contributed by atoms with E-state index in [0.717, 1.165) is 0 Å². The van der Waals surface area contributed by atoms with Gasteiger partial charge in [0.25, 0.3) is 0 Å². The summed E-state index contributed by atoms with van der Waals surface area (Å²) in [5.41, 5.74) is 0. The van der Waals surface area contributed by atoms with E-state index < -0.39 is 12.1 Å². The smallest absolute Gasteiger partial charge is 0.410 e. The predicted molar refractivity (Wildman–Crippen MR) is 89.5 cm³/mol. The zero-order chi connectivity index (χ0) is 17.4. The molecule has 0 unspecified atom stereocenters. The fraction of sp³-hybridized carbons (Fsp3) is 0.643. The largest absolute Gasteiger partial charge is 0.445 e. The number of hydrogen-bond acceptors (Lipinski definition) is 5. The highest BCUT2D eigenvalue weighted by Gasteiger charge is 2.38. The Kier molecular flexibility index (Phi) is 7.73. The van der Waals surface area contributed by atoms with Gasteiger partial charge in [-0.25, -0.2) is 9.59 Å². The Labute approximate surface area is 141 Å². The van der Waals surface area contributed by atoms with Crippen LogP contribution in [0.15, 0.2) is 12.7 Å². The van der Waals surface area contributed by atoms with Crippen LogP contribution in [0.3, 0.4) is 0 Å². The second kappa shape index (κ2) is 9.29. The number of rotatable bonds is 6.